The zero-order valence-corrected chi connectivity index (χ0v) is 9.85. The van der Waals surface area contributed by atoms with Crippen LogP contribution in [0.25, 0.3) is 0 Å². The van der Waals surface area contributed by atoms with Crippen molar-refractivity contribution in [3.8, 4) is 0 Å². The van der Waals surface area contributed by atoms with Crippen molar-refractivity contribution in [2.45, 2.75) is 52.7 Å². The predicted molar refractivity (Wildman–Crippen MR) is 59.5 cm³/mol. The average molecular weight is 211 g/mol. The van der Waals surface area contributed by atoms with E-state index in [4.69, 9.17) is 0 Å². The maximum Gasteiger partial charge on any atom is 0.138 e. The molecule has 1 aromatic heterocycles. The van der Waals surface area contributed by atoms with Crippen LogP contribution in [0.1, 0.15) is 39.4 Å². The standard InChI is InChI=1S/C11H21N3O/c1-4-9(3)6-10(15)7-11-12-8-13-14(11)5-2/h8-10,15H,4-7H2,1-3H3. The van der Waals surface area contributed by atoms with Crippen LogP contribution in [-0.4, -0.2) is 26.0 Å². The molecule has 0 saturated heterocycles. The van der Waals surface area contributed by atoms with Crippen LogP contribution in [0.2, 0.25) is 0 Å². The maximum absolute atomic E-state index is 9.86. The fourth-order valence-corrected chi connectivity index (χ4v) is 1.64. The zero-order valence-electron chi connectivity index (χ0n) is 9.85. The van der Waals surface area contributed by atoms with Gasteiger partial charge in [0.25, 0.3) is 0 Å². The molecule has 86 valence electrons. The van der Waals surface area contributed by atoms with Crippen LogP contribution in [0.3, 0.4) is 0 Å². The van der Waals surface area contributed by atoms with Crippen LogP contribution in [0.15, 0.2) is 6.33 Å². The fraction of sp³-hybridized carbons (Fsp3) is 0.818. The number of aliphatic hydroxyl groups excluding tert-OH is 1. The van der Waals surface area contributed by atoms with E-state index in [2.05, 4.69) is 23.9 Å². The highest BCUT2D eigenvalue weighted by atomic mass is 16.3. The van der Waals surface area contributed by atoms with Gasteiger partial charge in [-0.1, -0.05) is 20.3 Å². The Bertz CT molecular complexity index is 285. The van der Waals surface area contributed by atoms with E-state index in [9.17, 15) is 5.11 Å². The summed E-state index contributed by atoms with van der Waals surface area (Å²) in [6.45, 7) is 7.14. The second-order valence-corrected chi connectivity index (χ2v) is 4.10. The lowest BCUT2D eigenvalue weighted by molar-refractivity contribution is 0.141. The van der Waals surface area contributed by atoms with Crippen LogP contribution >= 0.6 is 0 Å². The van der Waals surface area contributed by atoms with Gasteiger partial charge in [0.05, 0.1) is 6.10 Å². The maximum atomic E-state index is 9.86. The van der Waals surface area contributed by atoms with Gasteiger partial charge in [-0.2, -0.15) is 5.10 Å². The number of rotatable bonds is 6. The summed E-state index contributed by atoms with van der Waals surface area (Å²) in [7, 11) is 0. The van der Waals surface area contributed by atoms with Crippen LogP contribution in [-0.2, 0) is 13.0 Å². The molecule has 0 bridgehead atoms. The molecule has 1 heterocycles. The summed E-state index contributed by atoms with van der Waals surface area (Å²) in [5, 5.41) is 13.9. The van der Waals surface area contributed by atoms with E-state index in [-0.39, 0.29) is 6.10 Å². The number of aromatic nitrogens is 3. The second kappa shape index (κ2) is 5.85. The molecule has 0 aromatic carbocycles. The number of hydrogen-bond acceptors (Lipinski definition) is 3. The molecule has 4 heteroatoms. The molecule has 1 N–H and O–H groups in total. The van der Waals surface area contributed by atoms with E-state index in [1.807, 2.05) is 11.6 Å². The summed E-state index contributed by atoms with van der Waals surface area (Å²) in [4.78, 5) is 4.15. The average Bonchev–Trinajstić information content (AvgIpc) is 2.64. The Hall–Kier alpha value is -0.900. The molecular formula is C11H21N3O. The second-order valence-electron chi connectivity index (χ2n) is 4.10. The summed E-state index contributed by atoms with van der Waals surface area (Å²) < 4.78 is 1.83. The lowest BCUT2D eigenvalue weighted by atomic mass is 9.99. The van der Waals surface area contributed by atoms with Crippen LogP contribution < -0.4 is 0 Å². The monoisotopic (exact) mass is 211 g/mol. The van der Waals surface area contributed by atoms with Gasteiger partial charge in [0, 0.05) is 13.0 Å². The van der Waals surface area contributed by atoms with Crippen LogP contribution in [0, 0.1) is 5.92 Å². The molecule has 0 fully saturated rings. The van der Waals surface area contributed by atoms with Crippen molar-refractivity contribution in [3.63, 3.8) is 0 Å². The molecule has 0 saturated carbocycles. The van der Waals surface area contributed by atoms with Crippen molar-refractivity contribution in [1.29, 1.82) is 0 Å². The van der Waals surface area contributed by atoms with Gasteiger partial charge in [-0.05, 0) is 19.3 Å². The first-order chi connectivity index (χ1) is 7.17. The first-order valence-corrected chi connectivity index (χ1v) is 5.72. The summed E-state index contributed by atoms with van der Waals surface area (Å²) in [5.74, 6) is 1.45. The minimum absolute atomic E-state index is 0.297. The molecule has 0 radical (unpaired) electrons. The SMILES string of the molecule is CCC(C)CC(O)Cc1ncnn1CC. The highest BCUT2D eigenvalue weighted by Gasteiger charge is 2.13. The van der Waals surface area contributed by atoms with Crippen LogP contribution in [0.4, 0.5) is 0 Å². The highest BCUT2D eigenvalue weighted by Crippen LogP contribution is 2.12. The third-order valence-electron chi connectivity index (χ3n) is 2.78. The molecule has 0 aliphatic rings. The van der Waals surface area contributed by atoms with Crippen molar-refractivity contribution in [2.75, 3.05) is 0 Å². The Morgan fingerprint density at radius 2 is 2.20 bits per heavy atom. The Morgan fingerprint density at radius 3 is 2.80 bits per heavy atom. The fourth-order valence-electron chi connectivity index (χ4n) is 1.64. The number of nitrogens with zero attached hydrogens (tertiary/aromatic N) is 3. The molecule has 4 nitrogen and oxygen atoms in total. The molecule has 2 atom stereocenters. The number of hydrogen-bond donors (Lipinski definition) is 1. The molecule has 1 rings (SSSR count). The summed E-state index contributed by atoms with van der Waals surface area (Å²) in [6.07, 6.45) is 3.81. The Balaban J connectivity index is 2.47. The number of aryl methyl sites for hydroxylation is 1. The first-order valence-electron chi connectivity index (χ1n) is 5.72. The van der Waals surface area contributed by atoms with Crippen LogP contribution in [0.5, 0.6) is 0 Å². The van der Waals surface area contributed by atoms with Crippen molar-refractivity contribution in [3.05, 3.63) is 12.2 Å². The summed E-state index contributed by atoms with van der Waals surface area (Å²) in [6, 6.07) is 0. The van der Waals surface area contributed by atoms with Gasteiger partial charge in [-0.3, -0.25) is 4.68 Å². The van der Waals surface area contributed by atoms with Gasteiger partial charge in [0.2, 0.25) is 0 Å². The quantitative estimate of drug-likeness (QED) is 0.778. The van der Waals surface area contributed by atoms with Gasteiger partial charge < -0.3 is 5.11 Å². The van der Waals surface area contributed by atoms with E-state index < -0.39 is 0 Å². The summed E-state index contributed by atoms with van der Waals surface area (Å²) >= 11 is 0. The first kappa shape index (κ1) is 12.2. The molecule has 0 aliphatic carbocycles. The third kappa shape index (κ3) is 3.63. The number of aliphatic hydroxyl groups is 1. The summed E-state index contributed by atoms with van der Waals surface area (Å²) in [5.41, 5.74) is 0. The molecule has 1 aromatic rings. The lowest BCUT2D eigenvalue weighted by Gasteiger charge is -2.14. The minimum Gasteiger partial charge on any atom is -0.393 e. The molecule has 0 spiro atoms. The Morgan fingerprint density at radius 1 is 1.47 bits per heavy atom. The minimum atomic E-state index is -0.297. The molecule has 0 aliphatic heterocycles. The smallest absolute Gasteiger partial charge is 0.138 e. The van der Waals surface area contributed by atoms with Gasteiger partial charge in [-0.25, -0.2) is 4.98 Å². The highest BCUT2D eigenvalue weighted by molar-refractivity contribution is 4.87. The van der Waals surface area contributed by atoms with Crippen molar-refractivity contribution in [1.82, 2.24) is 14.8 Å². The van der Waals surface area contributed by atoms with Gasteiger partial charge in [0.15, 0.2) is 0 Å². The van der Waals surface area contributed by atoms with E-state index in [1.54, 1.807) is 6.33 Å². The molecule has 15 heavy (non-hydrogen) atoms. The topological polar surface area (TPSA) is 50.9 Å². The van der Waals surface area contributed by atoms with Crippen molar-refractivity contribution >= 4 is 0 Å². The van der Waals surface area contributed by atoms with E-state index in [0.717, 1.165) is 25.2 Å². The third-order valence-corrected chi connectivity index (χ3v) is 2.78. The van der Waals surface area contributed by atoms with E-state index >= 15 is 0 Å². The zero-order chi connectivity index (χ0) is 11.3. The lowest BCUT2D eigenvalue weighted by Crippen LogP contribution is -2.17. The van der Waals surface area contributed by atoms with Crippen molar-refractivity contribution in [2.24, 2.45) is 5.92 Å². The Labute approximate surface area is 91.3 Å². The van der Waals surface area contributed by atoms with E-state index in [0.29, 0.717) is 12.3 Å². The van der Waals surface area contributed by atoms with Gasteiger partial charge in [0.1, 0.15) is 12.2 Å². The van der Waals surface area contributed by atoms with Gasteiger partial charge >= 0.3 is 0 Å². The van der Waals surface area contributed by atoms with Crippen molar-refractivity contribution < 1.29 is 5.11 Å². The van der Waals surface area contributed by atoms with Gasteiger partial charge in [-0.15, -0.1) is 0 Å². The van der Waals surface area contributed by atoms with E-state index in [1.165, 1.54) is 0 Å². The normalized spacial score (nSPS) is 15.2. The largest absolute Gasteiger partial charge is 0.393 e. The molecule has 2 unspecified atom stereocenters. The Kier molecular flexibility index (Phi) is 4.75. The predicted octanol–water partition coefficient (Wildman–Crippen LogP) is 1.64. The molecular weight excluding hydrogens is 190 g/mol. The molecule has 0 amide bonds.